The van der Waals surface area contributed by atoms with Gasteiger partial charge in [-0.2, -0.15) is 0 Å². The second-order valence-electron chi connectivity index (χ2n) is 6.00. The zero-order valence-corrected chi connectivity index (χ0v) is 15.2. The summed E-state index contributed by atoms with van der Waals surface area (Å²) in [6.07, 6.45) is 0. The van der Waals surface area contributed by atoms with E-state index in [0.29, 0.717) is 28.0 Å². The van der Waals surface area contributed by atoms with Gasteiger partial charge in [0.2, 0.25) is 0 Å². The smallest absolute Gasteiger partial charge is 0.185 e. The van der Waals surface area contributed by atoms with Crippen molar-refractivity contribution in [3.8, 4) is 11.4 Å². The Morgan fingerprint density at radius 3 is 2.28 bits per heavy atom. The Morgan fingerprint density at radius 1 is 0.840 bits per heavy atom. The van der Waals surface area contributed by atoms with E-state index < -0.39 is 0 Å². The highest BCUT2D eigenvalue weighted by atomic mass is 35.5. The molecule has 1 aromatic carbocycles. The van der Waals surface area contributed by atoms with Crippen molar-refractivity contribution in [2.24, 2.45) is 0 Å². The molecule has 4 rings (SSSR count). The van der Waals surface area contributed by atoms with Crippen LogP contribution in [-0.2, 0) is 0 Å². The molecule has 0 N–H and O–H groups in total. The Hall–Kier alpha value is -2.02. The molecule has 0 radical (unpaired) electrons. The van der Waals surface area contributed by atoms with Gasteiger partial charge in [0.1, 0.15) is 5.52 Å². The van der Waals surface area contributed by atoms with Crippen LogP contribution in [0, 0.1) is 0 Å². The van der Waals surface area contributed by atoms with Crippen molar-refractivity contribution in [3.05, 3.63) is 40.6 Å². The molecule has 0 saturated carbocycles. The van der Waals surface area contributed by atoms with Crippen LogP contribution in [0.5, 0.6) is 0 Å². The molecule has 0 spiro atoms. The molecule has 6 nitrogen and oxygen atoms in total. The summed E-state index contributed by atoms with van der Waals surface area (Å²) in [5, 5.41) is 0.582. The van der Waals surface area contributed by atoms with Crippen LogP contribution in [-0.4, -0.2) is 58.1 Å². The van der Waals surface area contributed by atoms with E-state index >= 15 is 0 Å². The Bertz CT molecular complexity index is 910. The van der Waals surface area contributed by atoms with Crippen LogP contribution < -0.4 is 4.90 Å². The van der Waals surface area contributed by atoms with Gasteiger partial charge in [0.05, 0.1) is 0 Å². The fourth-order valence-electron chi connectivity index (χ4n) is 2.82. The second kappa shape index (κ2) is 6.71. The molecule has 0 unspecified atom stereocenters. The Balaban J connectivity index is 1.80. The van der Waals surface area contributed by atoms with Crippen molar-refractivity contribution in [1.29, 1.82) is 0 Å². The number of rotatable bonds is 2. The van der Waals surface area contributed by atoms with Crippen LogP contribution in [0.2, 0.25) is 10.3 Å². The third-order valence-electron chi connectivity index (χ3n) is 4.26. The van der Waals surface area contributed by atoms with E-state index in [-0.39, 0.29) is 5.15 Å². The normalized spacial score (nSPS) is 15.7. The highest BCUT2D eigenvalue weighted by molar-refractivity contribution is 6.35. The average molecular weight is 375 g/mol. The van der Waals surface area contributed by atoms with Gasteiger partial charge in [-0.05, 0) is 7.05 Å². The van der Waals surface area contributed by atoms with E-state index in [1.54, 1.807) is 0 Å². The van der Waals surface area contributed by atoms with Crippen LogP contribution in [0.15, 0.2) is 30.3 Å². The lowest BCUT2D eigenvalue weighted by Crippen LogP contribution is -2.45. The first-order valence-electron chi connectivity index (χ1n) is 8.01. The van der Waals surface area contributed by atoms with Gasteiger partial charge in [0.15, 0.2) is 27.6 Å². The maximum absolute atomic E-state index is 6.36. The van der Waals surface area contributed by atoms with E-state index in [9.17, 15) is 0 Å². The predicted octanol–water partition coefficient (Wildman–Crippen LogP) is 3.15. The number of aromatic nitrogens is 4. The minimum Gasteiger partial charge on any atom is -0.351 e. The molecule has 3 heterocycles. The first-order chi connectivity index (χ1) is 12.1. The predicted molar refractivity (Wildman–Crippen MR) is 100 cm³/mol. The summed E-state index contributed by atoms with van der Waals surface area (Å²) >= 11 is 12.7. The monoisotopic (exact) mass is 374 g/mol. The number of hydrogen-bond donors (Lipinski definition) is 0. The van der Waals surface area contributed by atoms with Crippen molar-refractivity contribution in [1.82, 2.24) is 24.8 Å². The molecule has 1 saturated heterocycles. The van der Waals surface area contributed by atoms with Crippen LogP contribution in [0.1, 0.15) is 0 Å². The summed E-state index contributed by atoms with van der Waals surface area (Å²) in [4.78, 5) is 22.3. The minimum atomic E-state index is 0.253. The highest BCUT2D eigenvalue weighted by Gasteiger charge is 2.21. The number of fused-ring (bicyclic) bond motifs is 1. The molecular weight excluding hydrogens is 359 g/mol. The van der Waals surface area contributed by atoms with Crippen molar-refractivity contribution >= 4 is 40.2 Å². The van der Waals surface area contributed by atoms with Crippen LogP contribution >= 0.6 is 23.2 Å². The summed E-state index contributed by atoms with van der Waals surface area (Å²) in [6, 6.07) is 9.67. The van der Waals surface area contributed by atoms with Crippen molar-refractivity contribution in [3.63, 3.8) is 0 Å². The molecule has 3 aromatic rings. The zero-order valence-electron chi connectivity index (χ0n) is 13.7. The van der Waals surface area contributed by atoms with Gasteiger partial charge in [-0.25, -0.2) is 19.9 Å². The molecule has 1 aliphatic heterocycles. The first-order valence-corrected chi connectivity index (χ1v) is 8.77. The van der Waals surface area contributed by atoms with Crippen LogP contribution in [0.4, 0.5) is 5.82 Å². The lowest BCUT2D eigenvalue weighted by atomic mass is 10.2. The van der Waals surface area contributed by atoms with Crippen LogP contribution in [0.25, 0.3) is 22.6 Å². The molecule has 0 atom stereocenters. The second-order valence-corrected chi connectivity index (χ2v) is 6.72. The van der Waals surface area contributed by atoms with Gasteiger partial charge in [-0.1, -0.05) is 53.5 Å². The molecular formula is C17H16Cl2N6. The van der Waals surface area contributed by atoms with Gasteiger partial charge in [0, 0.05) is 31.7 Å². The quantitative estimate of drug-likeness (QED) is 0.642. The summed E-state index contributed by atoms with van der Waals surface area (Å²) < 4.78 is 0. The Labute approximate surface area is 155 Å². The minimum absolute atomic E-state index is 0.253. The van der Waals surface area contributed by atoms with E-state index in [1.807, 2.05) is 30.3 Å². The van der Waals surface area contributed by atoms with E-state index in [2.05, 4.69) is 36.8 Å². The van der Waals surface area contributed by atoms with E-state index in [1.165, 1.54) is 0 Å². The number of halogens is 2. The number of benzene rings is 1. The lowest BCUT2D eigenvalue weighted by Gasteiger charge is -2.33. The molecule has 8 heteroatoms. The molecule has 128 valence electrons. The lowest BCUT2D eigenvalue weighted by molar-refractivity contribution is 0.312. The number of likely N-dealkylation sites (N-methyl/N-ethyl adjacent to an activating group) is 1. The third kappa shape index (κ3) is 3.25. The maximum Gasteiger partial charge on any atom is 0.185 e. The van der Waals surface area contributed by atoms with E-state index in [0.717, 1.165) is 31.7 Å². The highest BCUT2D eigenvalue weighted by Crippen LogP contribution is 2.29. The summed E-state index contributed by atoms with van der Waals surface area (Å²) in [6.45, 7) is 3.60. The first kappa shape index (κ1) is 16.4. The van der Waals surface area contributed by atoms with Gasteiger partial charge in [-0.3, -0.25) is 0 Å². The SMILES string of the molecule is CN1CCN(c2nc3nc(-c4ccccc4)nc(Cl)c3nc2Cl)CC1. The van der Waals surface area contributed by atoms with Gasteiger partial charge in [-0.15, -0.1) is 0 Å². The molecule has 2 aromatic heterocycles. The van der Waals surface area contributed by atoms with Crippen LogP contribution in [0.3, 0.4) is 0 Å². The number of anilines is 1. The molecule has 0 bridgehead atoms. The molecule has 1 aliphatic rings. The zero-order chi connectivity index (χ0) is 17.4. The van der Waals surface area contributed by atoms with Gasteiger partial charge >= 0.3 is 0 Å². The maximum atomic E-state index is 6.36. The summed E-state index contributed by atoms with van der Waals surface area (Å²) in [7, 11) is 2.10. The third-order valence-corrected chi connectivity index (χ3v) is 4.78. The van der Waals surface area contributed by atoms with Gasteiger partial charge < -0.3 is 9.80 Å². The van der Waals surface area contributed by atoms with E-state index in [4.69, 9.17) is 23.2 Å². The molecule has 0 amide bonds. The molecule has 25 heavy (non-hydrogen) atoms. The molecule has 0 aliphatic carbocycles. The fourth-order valence-corrected chi connectivity index (χ4v) is 3.27. The number of nitrogens with zero attached hydrogens (tertiary/aromatic N) is 6. The average Bonchev–Trinajstić information content (AvgIpc) is 2.63. The number of hydrogen-bond acceptors (Lipinski definition) is 6. The van der Waals surface area contributed by atoms with Crippen molar-refractivity contribution in [2.45, 2.75) is 0 Å². The topological polar surface area (TPSA) is 58.0 Å². The van der Waals surface area contributed by atoms with Crippen molar-refractivity contribution < 1.29 is 0 Å². The number of piperazine rings is 1. The summed E-state index contributed by atoms with van der Waals surface area (Å²) in [5.41, 5.74) is 1.76. The Morgan fingerprint density at radius 2 is 1.56 bits per heavy atom. The largest absolute Gasteiger partial charge is 0.351 e. The molecule has 1 fully saturated rings. The standard InChI is InChI=1S/C17H16Cl2N6/c1-24-7-9-25(10-8-24)17-14(19)20-12-13(18)21-15(22-16(12)23-17)11-5-3-2-4-6-11/h2-6H,7-10H2,1H3. The van der Waals surface area contributed by atoms with Crippen molar-refractivity contribution in [2.75, 3.05) is 38.1 Å². The fraction of sp³-hybridized carbons (Fsp3) is 0.294. The summed E-state index contributed by atoms with van der Waals surface area (Å²) in [5.74, 6) is 1.18. The Kier molecular flexibility index (Phi) is 4.41. The van der Waals surface area contributed by atoms with Gasteiger partial charge in [0.25, 0.3) is 0 Å².